The standard InChI is InChI=1S/C17H18FNO2/c1-11(2)21-16-7-5-4-6-15(16)19-17(20)13-10-12(3)8-9-14(13)18/h4-11H,1-3H3,(H,19,20). The van der Waals surface area contributed by atoms with Gasteiger partial charge in [-0.25, -0.2) is 4.39 Å². The lowest BCUT2D eigenvalue weighted by Crippen LogP contribution is -2.16. The molecular formula is C17H18FNO2. The third-order valence-electron chi connectivity index (χ3n) is 2.86. The molecule has 0 heterocycles. The first-order valence-electron chi connectivity index (χ1n) is 6.80. The number of hydrogen-bond acceptors (Lipinski definition) is 2. The molecule has 21 heavy (non-hydrogen) atoms. The fourth-order valence-electron chi connectivity index (χ4n) is 1.93. The zero-order valence-electron chi connectivity index (χ0n) is 12.3. The summed E-state index contributed by atoms with van der Waals surface area (Å²) < 4.78 is 19.4. The van der Waals surface area contributed by atoms with Crippen LogP contribution in [0.1, 0.15) is 29.8 Å². The van der Waals surface area contributed by atoms with Crippen molar-refractivity contribution in [2.75, 3.05) is 5.32 Å². The zero-order valence-corrected chi connectivity index (χ0v) is 12.3. The fourth-order valence-corrected chi connectivity index (χ4v) is 1.93. The molecule has 2 rings (SSSR count). The molecule has 0 saturated carbocycles. The minimum atomic E-state index is -0.541. The number of benzene rings is 2. The van der Waals surface area contributed by atoms with Gasteiger partial charge in [0.1, 0.15) is 11.6 Å². The van der Waals surface area contributed by atoms with Gasteiger partial charge in [-0.15, -0.1) is 0 Å². The average Bonchev–Trinajstić information content (AvgIpc) is 2.43. The van der Waals surface area contributed by atoms with Crippen LogP contribution in [0.2, 0.25) is 0 Å². The summed E-state index contributed by atoms with van der Waals surface area (Å²) in [5.41, 5.74) is 1.37. The number of rotatable bonds is 4. The Kier molecular flexibility index (Phi) is 4.58. The first-order chi connectivity index (χ1) is 9.97. The van der Waals surface area contributed by atoms with Crippen molar-refractivity contribution in [3.63, 3.8) is 0 Å². The Bertz CT molecular complexity index is 653. The third kappa shape index (κ3) is 3.81. The number of hydrogen-bond donors (Lipinski definition) is 1. The molecule has 2 aromatic carbocycles. The molecule has 0 aliphatic heterocycles. The van der Waals surface area contributed by atoms with Gasteiger partial charge in [-0.05, 0) is 45.0 Å². The third-order valence-corrected chi connectivity index (χ3v) is 2.86. The molecule has 0 radical (unpaired) electrons. The highest BCUT2D eigenvalue weighted by Gasteiger charge is 2.14. The fraction of sp³-hybridized carbons (Fsp3) is 0.235. The number of anilines is 1. The van der Waals surface area contributed by atoms with Crippen LogP contribution in [0, 0.1) is 12.7 Å². The molecule has 0 saturated heterocycles. The molecule has 0 fully saturated rings. The van der Waals surface area contributed by atoms with Gasteiger partial charge in [-0.1, -0.05) is 23.8 Å². The maximum Gasteiger partial charge on any atom is 0.258 e. The van der Waals surface area contributed by atoms with Gasteiger partial charge in [0, 0.05) is 0 Å². The van der Waals surface area contributed by atoms with E-state index in [-0.39, 0.29) is 11.7 Å². The lowest BCUT2D eigenvalue weighted by molar-refractivity contribution is 0.102. The molecule has 4 heteroatoms. The number of carbonyl (C=O) groups excluding carboxylic acids is 1. The van der Waals surface area contributed by atoms with E-state index in [1.807, 2.05) is 26.8 Å². The highest BCUT2D eigenvalue weighted by molar-refractivity contribution is 6.05. The molecule has 0 atom stereocenters. The van der Waals surface area contributed by atoms with Gasteiger partial charge in [0.2, 0.25) is 0 Å². The van der Waals surface area contributed by atoms with Crippen LogP contribution in [-0.2, 0) is 0 Å². The van der Waals surface area contributed by atoms with Crippen molar-refractivity contribution in [3.05, 3.63) is 59.4 Å². The van der Waals surface area contributed by atoms with E-state index >= 15 is 0 Å². The van der Waals surface area contributed by atoms with E-state index < -0.39 is 11.7 Å². The van der Waals surface area contributed by atoms with Gasteiger partial charge in [0.25, 0.3) is 5.91 Å². The van der Waals surface area contributed by atoms with E-state index in [9.17, 15) is 9.18 Å². The van der Waals surface area contributed by atoms with Crippen molar-refractivity contribution in [2.45, 2.75) is 26.9 Å². The molecule has 0 bridgehead atoms. The van der Waals surface area contributed by atoms with Crippen LogP contribution < -0.4 is 10.1 Å². The topological polar surface area (TPSA) is 38.3 Å². The number of aryl methyl sites for hydroxylation is 1. The maximum absolute atomic E-state index is 13.7. The highest BCUT2D eigenvalue weighted by atomic mass is 19.1. The highest BCUT2D eigenvalue weighted by Crippen LogP contribution is 2.25. The van der Waals surface area contributed by atoms with Gasteiger partial charge in [-0.3, -0.25) is 4.79 Å². The van der Waals surface area contributed by atoms with Gasteiger partial charge in [0.15, 0.2) is 0 Å². The first kappa shape index (κ1) is 15.0. The number of carbonyl (C=O) groups is 1. The van der Waals surface area contributed by atoms with Gasteiger partial charge in [0.05, 0.1) is 17.4 Å². The van der Waals surface area contributed by atoms with Crippen LogP contribution >= 0.6 is 0 Å². The molecule has 2 aromatic rings. The van der Waals surface area contributed by atoms with Crippen molar-refractivity contribution in [3.8, 4) is 5.75 Å². The minimum Gasteiger partial charge on any atom is -0.489 e. The number of halogens is 1. The summed E-state index contributed by atoms with van der Waals surface area (Å²) >= 11 is 0. The summed E-state index contributed by atoms with van der Waals surface area (Å²) in [6.07, 6.45) is -0.0150. The lowest BCUT2D eigenvalue weighted by atomic mass is 10.1. The van der Waals surface area contributed by atoms with E-state index in [2.05, 4.69) is 5.32 Å². The van der Waals surface area contributed by atoms with Crippen LogP contribution in [0.4, 0.5) is 10.1 Å². The molecule has 0 aromatic heterocycles. The number of amides is 1. The second-order valence-corrected chi connectivity index (χ2v) is 5.10. The summed E-state index contributed by atoms with van der Waals surface area (Å²) in [7, 11) is 0. The summed E-state index contributed by atoms with van der Waals surface area (Å²) in [5, 5.41) is 2.70. The van der Waals surface area contributed by atoms with E-state index in [4.69, 9.17) is 4.74 Å². The molecule has 0 unspecified atom stereocenters. The summed E-state index contributed by atoms with van der Waals surface area (Å²) in [5.74, 6) is -0.467. The summed E-state index contributed by atoms with van der Waals surface area (Å²) in [6, 6.07) is 11.5. The van der Waals surface area contributed by atoms with Gasteiger partial charge >= 0.3 is 0 Å². The van der Waals surface area contributed by atoms with E-state index in [1.165, 1.54) is 12.1 Å². The number of para-hydroxylation sites is 2. The average molecular weight is 287 g/mol. The Hall–Kier alpha value is -2.36. The van der Waals surface area contributed by atoms with Crippen LogP contribution in [0.3, 0.4) is 0 Å². The Labute approximate surface area is 123 Å². The van der Waals surface area contributed by atoms with Crippen molar-refractivity contribution >= 4 is 11.6 Å². The van der Waals surface area contributed by atoms with Crippen molar-refractivity contribution in [1.82, 2.24) is 0 Å². The Morgan fingerprint density at radius 3 is 2.62 bits per heavy atom. The Balaban J connectivity index is 2.25. The first-order valence-corrected chi connectivity index (χ1v) is 6.80. The zero-order chi connectivity index (χ0) is 15.4. The van der Waals surface area contributed by atoms with E-state index in [0.29, 0.717) is 11.4 Å². The number of ether oxygens (including phenoxy) is 1. The smallest absolute Gasteiger partial charge is 0.258 e. The minimum absolute atomic E-state index is 0.0150. The Morgan fingerprint density at radius 2 is 1.90 bits per heavy atom. The van der Waals surface area contributed by atoms with Crippen molar-refractivity contribution in [2.24, 2.45) is 0 Å². The summed E-state index contributed by atoms with van der Waals surface area (Å²) in [6.45, 7) is 5.61. The second-order valence-electron chi connectivity index (χ2n) is 5.10. The van der Waals surface area contributed by atoms with Gasteiger partial charge in [-0.2, -0.15) is 0 Å². The molecule has 3 nitrogen and oxygen atoms in total. The molecule has 0 aliphatic rings. The predicted molar refractivity (Wildman–Crippen MR) is 81.3 cm³/mol. The van der Waals surface area contributed by atoms with Crippen LogP contribution in [0.5, 0.6) is 5.75 Å². The lowest BCUT2D eigenvalue weighted by Gasteiger charge is -2.15. The predicted octanol–water partition coefficient (Wildman–Crippen LogP) is 4.17. The monoisotopic (exact) mass is 287 g/mol. The quantitative estimate of drug-likeness (QED) is 0.916. The molecule has 1 N–H and O–H groups in total. The molecule has 0 aliphatic carbocycles. The second kappa shape index (κ2) is 6.39. The van der Waals surface area contributed by atoms with Crippen molar-refractivity contribution in [1.29, 1.82) is 0 Å². The van der Waals surface area contributed by atoms with Crippen LogP contribution in [-0.4, -0.2) is 12.0 Å². The summed E-state index contributed by atoms with van der Waals surface area (Å²) in [4.78, 5) is 12.2. The maximum atomic E-state index is 13.7. The van der Waals surface area contributed by atoms with E-state index in [0.717, 1.165) is 5.56 Å². The van der Waals surface area contributed by atoms with Crippen molar-refractivity contribution < 1.29 is 13.9 Å². The number of nitrogens with one attached hydrogen (secondary N) is 1. The molecular weight excluding hydrogens is 269 g/mol. The molecule has 110 valence electrons. The van der Waals surface area contributed by atoms with E-state index in [1.54, 1.807) is 24.3 Å². The normalized spacial score (nSPS) is 10.5. The van der Waals surface area contributed by atoms with Gasteiger partial charge < -0.3 is 10.1 Å². The van der Waals surface area contributed by atoms with Crippen LogP contribution in [0.15, 0.2) is 42.5 Å². The molecule has 1 amide bonds. The Morgan fingerprint density at radius 1 is 1.19 bits per heavy atom. The SMILES string of the molecule is Cc1ccc(F)c(C(=O)Nc2ccccc2OC(C)C)c1. The van der Waals surface area contributed by atoms with Crippen LogP contribution in [0.25, 0.3) is 0 Å². The molecule has 0 spiro atoms. The largest absolute Gasteiger partial charge is 0.489 e.